The van der Waals surface area contributed by atoms with E-state index in [1.165, 1.54) is 5.69 Å². The number of rotatable bonds is 4. The molecule has 0 unspecified atom stereocenters. The van der Waals surface area contributed by atoms with Gasteiger partial charge in [0.2, 0.25) is 0 Å². The van der Waals surface area contributed by atoms with Crippen LogP contribution in [0, 0.1) is 0 Å². The fourth-order valence-electron chi connectivity index (χ4n) is 1.97. The molecule has 0 amide bonds. The highest BCUT2D eigenvalue weighted by Crippen LogP contribution is 2.21. The summed E-state index contributed by atoms with van der Waals surface area (Å²) in [4.78, 5) is 6.49. The molecule has 1 N–H and O–H groups in total. The molecule has 0 atom stereocenters. The Bertz CT molecular complexity index is 514. The molecule has 0 aliphatic carbocycles. The van der Waals surface area contributed by atoms with Crippen molar-refractivity contribution in [1.29, 1.82) is 0 Å². The normalized spacial score (nSPS) is 10.7. The number of benzene rings is 1. The number of hydrogen-bond donors (Lipinski definition) is 1. The fraction of sp³-hybridized carbons (Fsp3) is 0.357. The molecule has 96 valence electrons. The average molecular weight is 245 g/mol. The van der Waals surface area contributed by atoms with Crippen LogP contribution in [0.5, 0.6) is 0 Å². The second-order valence-electron chi connectivity index (χ2n) is 4.55. The molecule has 1 heterocycles. The molecule has 4 nitrogen and oxygen atoms in total. The van der Waals surface area contributed by atoms with Gasteiger partial charge in [-0.25, -0.2) is 4.98 Å². The van der Waals surface area contributed by atoms with Gasteiger partial charge in [-0.1, -0.05) is 0 Å². The molecule has 2 aromatic rings. The molecule has 0 bridgehead atoms. The maximum absolute atomic E-state index is 8.97. The van der Waals surface area contributed by atoms with Gasteiger partial charge in [-0.3, -0.25) is 0 Å². The van der Waals surface area contributed by atoms with E-state index in [0.717, 1.165) is 17.1 Å². The molecule has 0 saturated heterocycles. The zero-order valence-electron chi connectivity index (χ0n) is 11.1. The topological polar surface area (TPSA) is 41.3 Å². The highest BCUT2D eigenvalue weighted by Gasteiger charge is 2.08. The molecule has 0 spiro atoms. The molecule has 1 aromatic carbocycles. The largest absolute Gasteiger partial charge is 0.396 e. The molecule has 2 rings (SSSR count). The Morgan fingerprint density at radius 2 is 1.89 bits per heavy atom. The van der Waals surface area contributed by atoms with Crippen LogP contribution >= 0.6 is 0 Å². The number of hydrogen-bond acceptors (Lipinski definition) is 3. The molecule has 4 heteroatoms. The van der Waals surface area contributed by atoms with Gasteiger partial charge < -0.3 is 14.6 Å². The molecule has 1 aromatic heterocycles. The van der Waals surface area contributed by atoms with Crippen LogP contribution in [0.2, 0.25) is 0 Å². The molecular weight excluding hydrogens is 226 g/mol. The minimum Gasteiger partial charge on any atom is -0.396 e. The van der Waals surface area contributed by atoms with Crippen molar-refractivity contribution in [2.75, 3.05) is 25.6 Å². The summed E-state index contributed by atoms with van der Waals surface area (Å²) in [7, 11) is 6.03. The first kappa shape index (κ1) is 12.6. The SMILES string of the molecule is CN(C)c1ccc(-c2ncc(CCO)n2C)cc1. The fourth-order valence-corrected chi connectivity index (χ4v) is 1.97. The van der Waals surface area contributed by atoms with Gasteiger partial charge in [0.25, 0.3) is 0 Å². The Kier molecular flexibility index (Phi) is 3.67. The standard InChI is InChI=1S/C14H19N3O/c1-16(2)12-6-4-11(5-7-12)14-15-10-13(8-9-18)17(14)3/h4-7,10,18H,8-9H2,1-3H3. The molecule has 0 aliphatic rings. The van der Waals surface area contributed by atoms with Gasteiger partial charge in [0.1, 0.15) is 5.82 Å². The van der Waals surface area contributed by atoms with Crippen LogP contribution in [-0.2, 0) is 13.5 Å². The number of nitrogens with zero attached hydrogens (tertiary/aromatic N) is 3. The molecule has 0 radical (unpaired) electrons. The highest BCUT2D eigenvalue weighted by atomic mass is 16.3. The lowest BCUT2D eigenvalue weighted by atomic mass is 10.2. The second kappa shape index (κ2) is 5.23. The van der Waals surface area contributed by atoms with Crippen LogP contribution in [0.1, 0.15) is 5.69 Å². The maximum Gasteiger partial charge on any atom is 0.139 e. The summed E-state index contributed by atoms with van der Waals surface area (Å²) in [5, 5.41) is 8.97. The van der Waals surface area contributed by atoms with Gasteiger partial charge >= 0.3 is 0 Å². The van der Waals surface area contributed by atoms with Gasteiger partial charge in [-0.2, -0.15) is 0 Å². The predicted octanol–water partition coefficient (Wildman–Crippen LogP) is 1.69. The number of imidazole rings is 1. The van der Waals surface area contributed by atoms with Crippen LogP contribution in [0.25, 0.3) is 11.4 Å². The van der Waals surface area contributed by atoms with E-state index in [-0.39, 0.29) is 6.61 Å². The van der Waals surface area contributed by atoms with Crippen LogP contribution in [0.3, 0.4) is 0 Å². The summed E-state index contributed by atoms with van der Waals surface area (Å²) >= 11 is 0. The van der Waals surface area contributed by atoms with Crippen LogP contribution in [0.4, 0.5) is 5.69 Å². The number of aromatic nitrogens is 2. The average Bonchev–Trinajstić information content (AvgIpc) is 2.72. The van der Waals surface area contributed by atoms with E-state index in [9.17, 15) is 0 Å². The predicted molar refractivity (Wildman–Crippen MR) is 73.8 cm³/mol. The van der Waals surface area contributed by atoms with Crippen molar-refractivity contribution in [3.05, 3.63) is 36.2 Å². The Morgan fingerprint density at radius 1 is 1.22 bits per heavy atom. The van der Waals surface area contributed by atoms with E-state index in [4.69, 9.17) is 5.11 Å². The zero-order valence-corrected chi connectivity index (χ0v) is 11.1. The summed E-state index contributed by atoms with van der Waals surface area (Å²) in [5.74, 6) is 0.934. The number of aliphatic hydroxyl groups is 1. The molecule has 0 fully saturated rings. The monoisotopic (exact) mass is 245 g/mol. The van der Waals surface area contributed by atoms with E-state index in [0.29, 0.717) is 6.42 Å². The summed E-state index contributed by atoms with van der Waals surface area (Å²) in [6.07, 6.45) is 2.46. The summed E-state index contributed by atoms with van der Waals surface area (Å²) in [6, 6.07) is 8.30. The summed E-state index contributed by atoms with van der Waals surface area (Å²) in [6.45, 7) is 0.151. The van der Waals surface area contributed by atoms with Crippen molar-refractivity contribution < 1.29 is 5.11 Å². The molecule has 18 heavy (non-hydrogen) atoms. The van der Waals surface area contributed by atoms with Gasteiger partial charge in [0.15, 0.2) is 0 Å². The maximum atomic E-state index is 8.97. The lowest BCUT2D eigenvalue weighted by Gasteiger charge is -2.12. The van der Waals surface area contributed by atoms with Crippen molar-refractivity contribution >= 4 is 5.69 Å². The van der Waals surface area contributed by atoms with Crippen molar-refractivity contribution in [1.82, 2.24) is 9.55 Å². The van der Waals surface area contributed by atoms with Crippen LogP contribution in [-0.4, -0.2) is 35.4 Å². The Hall–Kier alpha value is -1.81. The smallest absolute Gasteiger partial charge is 0.139 e. The summed E-state index contributed by atoms with van der Waals surface area (Å²) in [5.41, 5.74) is 3.31. The van der Waals surface area contributed by atoms with E-state index in [1.807, 2.05) is 31.9 Å². The Balaban J connectivity index is 2.31. The van der Waals surface area contributed by atoms with E-state index >= 15 is 0 Å². The van der Waals surface area contributed by atoms with E-state index < -0.39 is 0 Å². The van der Waals surface area contributed by atoms with E-state index in [2.05, 4.69) is 34.1 Å². The third-order valence-electron chi connectivity index (χ3n) is 3.09. The Morgan fingerprint density at radius 3 is 2.44 bits per heavy atom. The first-order chi connectivity index (χ1) is 8.63. The minimum atomic E-state index is 0.151. The van der Waals surface area contributed by atoms with Crippen LogP contribution in [0.15, 0.2) is 30.5 Å². The molecule has 0 aliphatic heterocycles. The van der Waals surface area contributed by atoms with Crippen LogP contribution < -0.4 is 4.90 Å². The lowest BCUT2D eigenvalue weighted by molar-refractivity contribution is 0.297. The lowest BCUT2D eigenvalue weighted by Crippen LogP contribution is -2.08. The van der Waals surface area contributed by atoms with E-state index in [1.54, 1.807) is 0 Å². The third-order valence-corrected chi connectivity index (χ3v) is 3.09. The van der Waals surface area contributed by atoms with Crippen molar-refractivity contribution in [3.63, 3.8) is 0 Å². The van der Waals surface area contributed by atoms with Crippen molar-refractivity contribution in [2.45, 2.75) is 6.42 Å². The first-order valence-electron chi connectivity index (χ1n) is 6.02. The second-order valence-corrected chi connectivity index (χ2v) is 4.55. The van der Waals surface area contributed by atoms with Gasteiger partial charge in [-0.05, 0) is 24.3 Å². The van der Waals surface area contributed by atoms with Gasteiger partial charge in [0.05, 0.1) is 0 Å². The van der Waals surface area contributed by atoms with Gasteiger partial charge in [0, 0.05) is 57.3 Å². The third kappa shape index (κ3) is 2.38. The molecule has 0 saturated carbocycles. The first-order valence-corrected chi connectivity index (χ1v) is 6.02. The molecular formula is C14H19N3O. The Labute approximate surface area is 108 Å². The number of aliphatic hydroxyl groups excluding tert-OH is 1. The highest BCUT2D eigenvalue weighted by molar-refractivity contribution is 5.61. The zero-order chi connectivity index (χ0) is 13.1. The number of anilines is 1. The van der Waals surface area contributed by atoms with Gasteiger partial charge in [-0.15, -0.1) is 0 Å². The van der Waals surface area contributed by atoms with Crippen molar-refractivity contribution in [2.24, 2.45) is 7.05 Å². The minimum absolute atomic E-state index is 0.151. The van der Waals surface area contributed by atoms with Crippen molar-refractivity contribution in [3.8, 4) is 11.4 Å². The quantitative estimate of drug-likeness (QED) is 0.891. The summed E-state index contributed by atoms with van der Waals surface area (Å²) < 4.78 is 2.03.